The minimum absolute atomic E-state index is 0.236. The van der Waals surface area contributed by atoms with Crippen LogP contribution in [0.4, 0.5) is 5.69 Å². The van der Waals surface area contributed by atoms with Crippen molar-refractivity contribution in [3.05, 3.63) is 71.4 Å². The predicted octanol–water partition coefficient (Wildman–Crippen LogP) is 4.03. The van der Waals surface area contributed by atoms with Crippen molar-refractivity contribution in [2.45, 2.75) is 27.2 Å². The molecule has 152 valence electrons. The molecule has 0 aliphatic carbocycles. The van der Waals surface area contributed by atoms with Crippen LogP contribution in [0.5, 0.6) is 0 Å². The Morgan fingerprint density at radius 3 is 2.24 bits per heavy atom. The Morgan fingerprint density at radius 2 is 1.62 bits per heavy atom. The summed E-state index contributed by atoms with van der Waals surface area (Å²) in [6.45, 7) is 8.01. The summed E-state index contributed by atoms with van der Waals surface area (Å²) in [7, 11) is 0. The molecule has 2 amide bonds. The van der Waals surface area contributed by atoms with Crippen LogP contribution >= 0.6 is 0 Å². The van der Waals surface area contributed by atoms with Crippen LogP contribution in [0.15, 0.2) is 60.3 Å². The molecule has 0 radical (unpaired) electrons. The SMILES string of the molecule is CCOCCCN1C(=O)C(c2ccc(C)cc2)=C(N(CC)c2ccccc2)C1=O. The first-order valence-corrected chi connectivity index (χ1v) is 10.2. The maximum Gasteiger partial charge on any atom is 0.278 e. The number of aryl methyl sites for hydroxylation is 1. The van der Waals surface area contributed by atoms with Gasteiger partial charge in [-0.25, -0.2) is 0 Å². The molecule has 0 bridgehead atoms. The second-order valence-electron chi connectivity index (χ2n) is 6.98. The van der Waals surface area contributed by atoms with Crippen LogP contribution in [0.3, 0.4) is 0 Å². The number of nitrogens with zero attached hydrogens (tertiary/aromatic N) is 2. The Kier molecular flexibility index (Phi) is 6.83. The molecule has 5 heteroatoms. The largest absolute Gasteiger partial charge is 0.382 e. The van der Waals surface area contributed by atoms with Crippen LogP contribution in [-0.4, -0.2) is 43.0 Å². The third-order valence-corrected chi connectivity index (χ3v) is 5.01. The summed E-state index contributed by atoms with van der Waals surface area (Å²) in [6, 6.07) is 17.5. The van der Waals surface area contributed by atoms with Crippen molar-refractivity contribution in [1.82, 2.24) is 4.90 Å². The molecule has 3 rings (SSSR count). The summed E-state index contributed by atoms with van der Waals surface area (Å²) < 4.78 is 5.38. The van der Waals surface area contributed by atoms with E-state index in [0.29, 0.717) is 44.0 Å². The highest BCUT2D eigenvalue weighted by atomic mass is 16.5. The van der Waals surface area contributed by atoms with Gasteiger partial charge in [-0.15, -0.1) is 0 Å². The van der Waals surface area contributed by atoms with E-state index in [2.05, 4.69) is 0 Å². The van der Waals surface area contributed by atoms with Gasteiger partial charge in [0.25, 0.3) is 11.8 Å². The Hall–Kier alpha value is -2.92. The number of hydrogen-bond acceptors (Lipinski definition) is 4. The van der Waals surface area contributed by atoms with Gasteiger partial charge in [0.05, 0.1) is 5.57 Å². The lowest BCUT2D eigenvalue weighted by atomic mass is 10.0. The average molecular weight is 392 g/mol. The van der Waals surface area contributed by atoms with Gasteiger partial charge >= 0.3 is 0 Å². The molecule has 2 aromatic carbocycles. The fraction of sp³-hybridized carbons (Fsp3) is 0.333. The molecule has 0 unspecified atom stereocenters. The van der Waals surface area contributed by atoms with Gasteiger partial charge < -0.3 is 9.64 Å². The monoisotopic (exact) mass is 392 g/mol. The molecular weight excluding hydrogens is 364 g/mol. The molecule has 0 saturated carbocycles. The summed E-state index contributed by atoms with van der Waals surface area (Å²) in [4.78, 5) is 30.0. The standard InChI is InChI=1S/C24H28N2O3/c1-4-25(20-10-7-6-8-11-20)22-21(19-14-12-18(3)13-15-19)23(27)26(24(22)28)16-9-17-29-5-2/h6-8,10-15H,4-5,9,16-17H2,1-3H3. The lowest BCUT2D eigenvalue weighted by Crippen LogP contribution is -2.36. The summed E-state index contributed by atoms with van der Waals surface area (Å²) >= 11 is 0. The number of rotatable bonds is 9. The van der Waals surface area contributed by atoms with E-state index in [9.17, 15) is 9.59 Å². The van der Waals surface area contributed by atoms with Crippen molar-refractivity contribution in [2.75, 3.05) is 31.2 Å². The van der Waals surface area contributed by atoms with E-state index in [1.807, 2.05) is 80.3 Å². The van der Waals surface area contributed by atoms with Crippen LogP contribution in [0.1, 0.15) is 31.4 Å². The molecule has 1 aliphatic heterocycles. The first-order chi connectivity index (χ1) is 14.1. The van der Waals surface area contributed by atoms with Crippen molar-refractivity contribution in [2.24, 2.45) is 0 Å². The van der Waals surface area contributed by atoms with Crippen molar-refractivity contribution in [1.29, 1.82) is 0 Å². The number of para-hydroxylation sites is 1. The van der Waals surface area contributed by atoms with Crippen molar-refractivity contribution in [3.63, 3.8) is 0 Å². The Morgan fingerprint density at radius 1 is 0.931 bits per heavy atom. The van der Waals surface area contributed by atoms with Crippen LogP contribution in [0.25, 0.3) is 5.57 Å². The highest BCUT2D eigenvalue weighted by molar-refractivity contribution is 6.36. The van der Waals surface area contributed by atoms with Crippen LogP contribution < -0.4 is 4.90 Å². The maximum absolute atomic E-state index is 13.4. The molecular formula is C24H28N2O3. The summed E-state index contributed by atoms with van der Waals surface area (Å²) in [5.41, 5.74) is 3.69. The van der Waals surface area contributed by atoms with Gasteiger partial charge in [-0.3, -0.25) is 14.5 Å². The van der Waals surface area contributed by atoms with Crippen LogP contribution in [0.2, 0.25) is 0 Å². The summed E-state index contributed by atoms with van der Waals surface area (Å²) in [5, 5.41) is 0. The summed E-state index contributed by atoms with van der Waals surface area (Å²) in [6.07, 6.45) is 0.622. The topological polar surface area (TPSA) is 49.9 Å². The first kappa shape index (κ1) is 20.8. The second-order valence-corrected chi connectivity index (χ2v) is 6.98. The molecule has 0 fully saturated rings. The van der Waals surface area contributed by atoms with E-state index in [1.54, 1.807) is 0 Å². The van der Waals surface area contributed by atoms with Crippen molar-refractivity contribution < 1.29 is 14.3 Å². The van der Waals surface area contributed by atoms with Gasteiger partial charge in [-0.2, -0.15) is 0 Å². The lowest BCUT2D eigenvalue weighted by molar-refractivity contribution is -0.137. The van der Waals surface area contributed by atoms with E-state index in [1.165, 1.54) is 4.90 Å². The zero-order valence-corrected chi connectivity index (χ0v) is 17.4. The third-order valence-electron chi connectivity index (χ3n) is 5.01. The smallest absolute Gasteiger partial charge is 0.278 e. The van der Waals surface area contributed by atoms with Gasteiger partial charge in [0, 0.05) is 32.0 Å². The molecule has 0 saturated heterocycles. The number of hydrogen-bond donors (Lipinski definition) is 0. The maximum atomic E-state index is 13.4. The van der Waals surface area contributed by atoms with E-state index in [4.69, 9.17) is 4.74 Å². The Labute approximate surface area is 172 Å². The highest BCUT2D eigenvalue weighted by Gasteiger charge is 2.41. The zero-order valence-electron chi connectivity index (χ0n) is 17.4. The number of carbonyl (C=O) groups excluding carboxylic acids is 2. The fourth-order valence-corrected chi connectivity index (χ4v) is 3.54. The van der Waals surface area contributed by atoms with E-state index in [-0.39, 0.29) is 11.8 Å². The first-order valence-electron chi connectivity index (χ1n) is 10.2. The number of benzene rings is 2. The van der Waals surface area contributed by atoms with E-state index < -0.39 is 0 Å². The van der Waals surface area contributed by atoms with Crippen molar-refractivity contribution >= 4 is 23.1 Å². The van der Waals surface area contributed by atoms with E-state index in [0.717, 1.165) is 16.8 Å². The van der Waals surface area contributed by atoms with Gasteiger partial charge in [-0.05, 0) is 44.9 Å². The number of anilines is 1. The fourth-order valence-electron chi connectivity index (χ4n) is 3.54. The van der Waals surface area contributed by atoms with E-state index >= 15 is 0 Å². The van der Waals surface area contributed by atoms with Crippen LogP contribution in [0, 0.1) is 6.92 Å². The number of amides is 2. The van der Waals surface area contributed by atoms with Gasteiger partial charge in [0.1, 0.15) is 5.70 Å². The van der Waals surface area contributed by atoms with Gasteiger partial charge in [0.2, 0.25) is 0 Å². The molecule has 1 heterocycles. The lowest BCUT2D eigenvalue weighted by Gasteiger charge is -2.25. The van der Waals surface area contributed by atoms with Crippen LogP contribution in [-0.2, 0) is 14.3 Å². The van der Waals surface area contributed by atoms with Gasteiger partial charge in [0.15, 0.2) is 0 Å². The van der Waals surface area contributed by atoms with Gasteiger partial charge in [-0.1, -0.05) is 48.0 Å². The normalized spacial score (nSPS) is 14.1. The second kappa shape index (κ2) is 9.52. The minimum Gasteiger partial charge on any atom is -0.382 e. The average Bonchev–Trinajstić information content (AvgIpc) is 2.98. The molecule has 0 spiro atoms. The third kappa shape index (κ3) is 4.40. The van der Waals surface area contributed by atoms with Crippen molar-refractivity contribution in [3.8, 4) is 0 Å². The highest BCUT2D eigenvalue weighted by Crippen LogP contribution is 2.34. The Bertz CT molecular complexity index is 888. The minimum atomic E-state index is -0.243. The predicted molar refractivity (Wildman–Crippen MR) is 115 cm³/mol. The zero-order chi connectivity index (χ0) is 20.8. The molecule has 5 nitrogen and oxygen atoms in total. The quantitative estimate of drug-likeness (QED) is 0.478. The molecule has 29 heavy (non-hydrogen) atoms. The Balaban J connectivity index is 2.03. The number of likely N-dealkylation sites (N-methyl/N-ethyl adjacent to an activating group) is 1. The molecule has 1 aliphatic rings. The molecule has 0 N–H and O–H groups in total. The number of carbonyl (C=O) groups is 2. The summed E-state index contributed by atoms with van der Waals surface area (Å²) in [5.74, 6) is -0.479. The molecule has 0 aromatic heterocycles. The molecule has 0 atom stereocenters. The number of ether oxygens (including phenoxy) is 1. The number of imide groups is 1. The molecule has 2 aromatic rings.